The van der Waals surface area contributed by atoms with Crippen molar-refractivity contribution in [1.29, 1.82) is 0 Å². The average Bonchev–Trinajstić information content (AvgIpc) is 2.81. The van der Waals surface area contributed by atoms with Gasteiger partial charge in [0, 0.05) is 28.9 Å². The smallest absolute Gasteiger partial charge is 0.202 e. The fraction of sp³-hybridized carbons (Fsp3) is 0.333. The zero-order chi connectivity index (χ0) is 14.5. The summed E-state index contributed by atoms with van der Waals surface area (Å²) in [6.45, 7) is 0.915. The van der Waals surface area contributed by atoms with Crippen molar-refractivity contribution in [3.05, 3.63) is 34.7 Å². The first kappa shape index (κ1) is 17.2. The number of amidine groups is 1. The molecule has 0 radical (unpaired) electrons. The van der Waals surface area contributed by atoms with Crippen LogP contribution in [0.1, 0.15) is 25.7 Å². The predicted octanol–water partition coefficient (Wildman–Crippen LogP) is 4.93. The standard InChI is InChI=1S/C15H17ClN4S.BrH/c16-12-7-5-11(6-8-12)13-10-21-15(18-13)20-19-14-4-2-1-3-9-17-14;/h5-8,10H,1-4,9H2,(H,17,19)(H,18,20);1H. The number of thiazole rings is 1. The highest BCUT2D eigenvalue weighted by molar-refractivity contribution is 8.93. The fourth-order valence-corrected chi connectivity index (χ4v) is 2.99. The molecule has 1 aliphatic rings. The molecule has 0 aliphatic carbocycles. The summed E-state index contributed by atoms with van der Waals surface area (Å²) in [4.78, 5) is 9.08. The first-order valence-electron chi connectivity index (χ1n) is 7.08. The second-order valence-corrected chi connectivity index (χ2v) is 6.23. The Hall–Kier alpha value is -1.11. The van der Waals surface area contributed by atoms with Crippen molar-refractivity contribution in [2.75, 3.05) is 12.0 Å². The lowest BCUT2D eigenvalue weighted by molar-refractivity contribution is 0.729. The van der Waals surface area contributed by atoms with E-state index in [9.17, 15) is 0 Å². The van der Waals surface area contributed by atoms with Crippen LogP contribution < -0.4 is 10.9 Å². The van der Waals surface area contributed by atoms with Crippen LogP contribution in [0.3, 0.4) is 0 Å². The monoisotopic (exact) mass is 400 g/mol. The van der Waals surface area contributed by atoms with Crippen molar-refractivity contribution >= 4 is 50.9 Å². The molecule has 1 aromatic heterocycles. The number of hydrogen-bond acceptors (Lipinski definition) is 5. The number of aromatic nitrogens is 1. The normalized spacial score (nSPS) is 14.5. The molecule has 0 atom stereocenters. The molecular weight excluding hydrogens is 384 g/mol. The maximum Gasteiger partial charge on any atom is 0.202 e. The Kier molecular flexibility index (Phi) is 6.67. The molecule has 0 spiro atoms. The zero-order valence-electron chi connectivity index (χ0n) is 12.0. The van der Waals surface area contributed by atoms with Gasteiger partial charge in [-0.1, -0.05) is 30.2 Å². The summed E-state index contributed by atoms with van der Waals surface area (Å²) in [6, 6.07) is 7.71. The molecule has 0 amide bonds. The number of hydrazine groups is 1. The topological polar surface area (TPSA) is 49.3 Å². The molecule has 118 valence electrons. The number of hydrogen-bond donors (Lipinski definition) is 2. The van der Waals surface area contributed by atoms with E-state index in [0.29, 0.717) is 0 Å². The molecule has 1 aliphatic heterocycles. The molecule has 2 aromatic rings. The summed E-state index contributed by atoms with van der Waals surface area (Å²) in [5, 5.41) is 3.61. The molecule has 2 N–H and O–H groups in total. The average molecular weight is 402 g/mol. The van der Waals surface area contributed by atoms with Crippen LogP contribution in [-0.2, 0) is 0 Å². The van der Waals surface area contributed by atoms with E-state index in [4.69, 9.17) is 11.6 Å². The molecule has 0 saturated heterocycles. The van der Waals surface area contributed by atoms with Gasteiger partial charge in [0.2, 0.25) is 5.13 Å². The Balaban J connectivity index is 0.00000176. The van der Waals surface area contributed by atoms with E-state index in [1.807, 2.05) is 29.6 Å². The number of halogens is 2. The van der Waals surface area contributed by atoms with E-state index in [2.05, 4.69) is 20.8 Å². The molecule has 7 heteroatoms. The highest BCUT2D eigenvalue weighted by Gasteiger charge is 2.06. The van der Waals surface area contributed by atoms with Crippen LogP contribution in [0.5, 0.6) is 0 Å². The second kappa shape index (κ2) is 8.50. The minimum Gasteiger partial charge on any atom is -0.286 e. The van der Waals surface area contributed by atoms with E-state index in [1.165, 1.54) is 19.3 Å². The fourth-order valence-electron chi connectivity index (χ4n) is 2.19. The number of nitrogens with zero attached hydrogens (tertiary/aromatic N) is 2. The van der Waals surface area contributed by atoms with Crippen LogP contribution in [0, 0.1) is 0 Å². The Morgan fingerprint density at radius 3 is 2.68 bits per heavy atom. The third-order valence-electron chi connectivity index (χ3n) is 3.33. The lowest BCUT2D eigenvalue weighted by Crippen LogP contribution is -2.29. The third kappa shape index (κ3) is 4.69. The minimum absolute atomic E-state index is 0. The number of rotatable bonds is 3. The first-order chi connectivity index (χ1) is 10.3. The van der Waals surface area contributed by atoms with E-state index in [0.717, 1.165) is 40.2 Å². The molecule has 1 aromatic carbocycles. The summed E-state index contributed by atoms with van der Waals surface area (Å²) in [6.07, 6.45) is 4.64. The van der Waals surface area contributed by atoms with Gasteiger partial charge in [-0.25, -0.2) is 4.98 Å². The molecular formula is C15H18BrClN4S. The number of nitrogens with one attached hydrogen (secondary N) is 2. The molecule has 4 nitrogen and oxygen atoms in total. The van der Waals surface area contributed by atoms with Crippen molar-refractivity contribution in [1.82, 2.24) is 10.4 Å². The number of aliphatic imine (C=N–C) groups is 1. The maximum absolute atomic E-state index is 5.90. The zero-order valence-corrected chi connectivity index (χ0v) is 15.3. The lowest BCUT2D eigenvalue weighted by Gasteiger charge is -2.08. The number of anilines is 1. The summed E-state index contributed by atoms with van der Waals surface area (Å²) >= 11 is 7.47. The highest BCUT2D eigenvalue weighted by atomic mass is 79.9. The highest BCUT2D eigenvalue weighted by Crippen LogP contribution is 2.25. The Labute approximate surface area is 149 Å². The van der Waals surface area contributed by atoms with Gasteiger partial charge >= 0.3 is 0 Å². The van der Waals surface area contributed by atoms with E-state index in [-0.39, 0.29) is 17.0 Å². The van der Waals surface area contributed by atoms with Crippen molar-refractivity contribution in [3.8, 4) is 11.3 Å². The van der Waals surface area contributed by atoms with E-state index in [1.54, 1.807) is 11.3 Å². The van der Waals surface area contributed by atoms with Gasteiger partial charge in [0.05, 0.1) is 5.69 Å². The predicted molar refractivity (Wildman–Crippen MR) is 100 cm³/mol. The Morgan fingerprint density at radius 2 is 1.86 bits per heavy atom. The minimum atomic E-state index is 0. The second-order valence-electron chi connectivity index (χ2n) is 4.93. The summed E-state index contributed by atoms with van der Waals surface area (Å²) in [7, 11) is 0. The first-order valence-corrected chi connectivity index (χ1v) is 8.34. The van der Waals surface area contributed by atoms with Gasteiger partial charge in [-0.15, -0.1) is 28.3 Å². The molecule has 2 heterocycles. The van der Waals surface area contributed by atoms with Crippen LogP contribution in [-0.4, -0.2) is 17.4 Å². The molecule has 22 heavy (non-hydrogen) atoms. The van der Waals surface area contributed by atoms with Crippen LogP contribution >= 0.6 is 39.9 Å². The Bertz CT molecular complexity index is 627. The molecule has 0 saturated carbocycles. The Morgan fingerprint density at radius 1 is 1.05 bits per heavy atom. The van der Waals surface area contributed by atoms with Crippen molar-refractivity contribution in [2.24, 2.45) is 4.99 Å². The van der Waals surface area contributed by atoms with Gasteiger partial charge in [-0.3, -0.25) is 15.8 Å². The number of benzene rings is 1. The SMILES string of the molecule is Br.Clc1ccc(-c2csc(NNC3=NCCCCC3)n2)cc1. The van der Waals surface area contributed by atoms with Crippen molar-refractivity contribution in [2.45, 2.75) is 25.7 Å². The van der Waals surface area contributed by atoms with E-state index < -0.39 is 0 Å². The van der Waals surface area contributed by atoms with Gasteiger partial charge in [0.1, 0.15) is 5.84 Å². The quantitative estimate of drug-likeness (QED) is 0.717. The van der Waals surface area contributed by atoms with E-state index >= 15 is 0 Å². The van der Waals surface area contributed by atoms with Gasteiger partial charge < -0.3 is 0 Å². The van der Waals surface area contributed by atoms with Gasteiger partial charge in [-0.2, -0.15) is 0 Å². The summed E-state index contributed by atoms with van der Waals surface area (Å²) < 4.78 is 0. The van der Waals surface area contributed by atoms with Crippen LogP contribution in [0.2, 0.25) is 5.02 Å². The maximum atomic E-state index is 5.90. The molecule has 0 unspecified atom stereocenters. The lowest BCUT2D eigenvalue weighted by atomic mass is 10.2. The van der Waals surface area contributed by atoms with Gasteiger partial charge in [-0.05, 0) is 25.0 Å². The van der Waals surface area contributed by atoms with Gasteiger partial charge in [0.25, 0.3) is 0 Å². The molecule has 0 fully saturated rings. The third-order valence-corrected chi connectivity index (χ3v) is 4.34. The molecule has 0 bridgehead atoms. The largest absolute Gasteiger partial charge is 0.286 e. The van der Waals surface area contributed by atoms with Crippen LogP contribution in [0.25, 0.3) is 11.3 Å². The van der Waals surface area contributed by atoms with Crippen molar-refractivity contribution < 1.29 is 0 Å². The molecule has 3 rings (SSSR count). The van der Waals surface area contributed by atoms with Crippen LogP contribution in [0.15, 0.2) is 34.6 Å². The summed E-state index contributed by atoms with van der Waals surface area (Å²) in [5.41, 5.74) is 8.34. The summed E-state index contributed by atoms with van der Waals surface area (Å²) in [5.74, 6) is 1.02. The van der Waals surface area contributed by atoms with Crippen LogP contribution in [0.4, 0.5) is 5.13 Å². The van der Waals surface area contributed by atoms with Gasteiger partial charge in [0.15, 0.2) is 0 Å². The van der Waals surface area contributed by atoms with Crippen molar-refractivity contribution in [3.63, 3.8) is 0 Å².